The summed E-state index contributed by atoms with van der Waals surface area (Å²) in [6.45, 7) is 3.35. The minimum absolute atomic E-state index is 0. The first-order chi connectivity index (χ1) is 12.5. The third kappa shape index (κ3) is 9.75. The number of sulfone groups is 1. The van der Waals surface area contributed by atoms with E-state index in [1.807, 2.05) is 0 Å². The highest BCUT2D eigenvalue weighted by Crippen LogP contribution is 2.21. The molecule has 6 nitrogen and oxygen atoms in total. The van der Waals surface area contributed by atoms with Crippen molar-refractivity contribution >= 4 is 39.8 Å². The number of halogens is 1. The van der Waals surface area contributed by atoms with E-state index in [2.05, 4.69) is 45.5 Å². The van der Waals surface area contributed by atoms with E-state index in [0.717, 1.165) is 31.4 Å². The smallest absolute Gasteiger partial charge is 0.193 e. The highest BCUT2D eigenvalue weighted by atomic mass is 127. The van der Waals surface area contributed by atoms with Crippen LogP contribution in [-0.4, -0.2) is 71.2 Å². The molecule has 1 saturated heterocycles. The van der Waals surface area contributed by atoms with Crippen molar-refractivity contribution in [3.8, 4) is 0 Å². The van der Waals surface area contributed by atoms with Crippen LogP contribution in [0.3, 0.4) is 0 Å². The molecule has 1 aromatic rings. The molecule has 1 aliphatic heterocycles. The van der Waals surface area contributed by atoms with E-state index in [1.54, 1.807) is 7.05 Å². The standard InChI is InChI=1S/C19H31N3O3S.HI/c1-20-19(21-10-13-25-14-15-26(2,23)24)22-11-8-18(9-12-22)16-17-6-4-3-5-7-17;/h3-7,18H,8-16H2,1-2H3,(H,20,21);1H. The number of benzene rings is 1. The van der Waals surface area contributed by atoms with E-state index in [9.17, 15) is 8.42 Å². The van der Waals surface area contributed by atoms with Gasteiger partial charge in [0.2, 0.25) is 0 Å². The van der Waals surface area contributed by atoms with Gasteiger partial charge in [0.25, 0.3) is 0 Å². The maximum absolute atomic E-state index is 11.0. The van der Waals surface area contributed by atoms with Gasteiger partial charge >= 0.3 is 0 Å². The van der Waals surface area contributed by atoms with E-state index in [0.29, 0.717) is 13.2 Å². The molecule has 0 aromatic heterocycles. The van der Waals surface area contributed by atoms with E-state index in [4.69, 9.17) is 4.74 Å². The van der Waals surface area contributed by atoms with Crippen molar-refractivity contribution in [2.24, 2.45) is 10.9 Å². The SMILES string of the molecule is CN=C(NCCOCCS(C)(=O)=O)N1CCC(Cc2ccccc2)CC1.I. The second kappa shape index (κ2) is 12.6. The predicted molar refractivity (Wildman–Crippen MR) is 122 cm³/mol. The fourth-order valence-corrected chi connectivity index (χ4v) is 3.60. The average molecular weight is 509 g/mol. The number of hydrogen-bond donors (Lipinski definition) is 1. The molecule has 0 amide bonds. The van der Waals surface area contributed by atoms with Crippen molar-refractivity contribution in [1.82, 2.24) is 10.2 Å². The molecule has 0 saturated carbocycles. The normalized spacial score (nSPS) is 16.1. The highest BCUT2D eigenvalue weighted by Gasteiger charge is 2.21. The first kappa shape index (κ1) is 24.2. The van der Waals surface area contributed by atoms with Crippen molar-refractivity contribution in [2.45, 2.75) is 19.3 Å². The molecule has 27 heavy (non-hydrogen) atoms. The van der Waals surface area contributed by atoms with Gasteiger partial charge in [0.15, 0.2) is 5.96 Å². The largest absolute Gasteiger partial charge is 0.379 e. The molecule has 0 spiro atoms. The van der Waals surface area contributed by atoms with Crippen LogP contribution in [0.1, 0.15) is 18.4 Å². The van der Waals surface area contributed by atoms with Gasteiger partial charge in [-0.15, -0.1) is 24.0 Å². The monoisotopic (exact) mass is 509 g/mol. The van der Waals surface area contributed by atoms with E-state index >= 15 is 0 Å². The maximum Gasteiger partial charge on any atom is 0.193 e. The van der Waals surface area contributed by atoms with Crippen LogP contribution >= 0.6 is 24.0 Å². The van der Waals surface area contributed by atoms with Gasteiger partial charge in [0.1, 0.15) is 9.84 Å². The number of ether oxygens (including phenoxy) is 1. The Balaban J connectivity index is 0.00000364. The van der Waals surface area contributed by atoms with Crippen molar-refractivity contribution in [3.63, 3.8) is 0 Å². The molecule has 0 aliphatic carbocycles. The Hall–Kier alpha value is -0.870. The topological polar surface area (TPSA) is 71.0 Å². The quantitative estimate of drug-likeness (QED) is 0.252. The molecule has 154 valence electrons. The highest BCUT2D eigenvalue weighted by molar-refractivity contribution is 14.0. The molecular weight excluding hydrogens is 477 g/mol. The Morgan fingerprint density at radius 2 is 1.89 bits per heavy atom. The zero-order valence-electron chi connectivity index (χ0n) is 16.3. The lowest BCUT2D eigenvalue weighted by molar-refractivity contribution is 0.152. The zero-order valence-corrected chi connectivity index (χ0v) is 19.4. The summed E-state index contributed by atoms with van der Waals surface area (Å²) < 4.78 is 27.5. The van der Waals surface area contributed by atoms with E-state index < -0.39 is 9.84 Å². The molecular formula is C19H32IN3O3S. The Kier molecular flexibility index (Phi) is 11.2. The summed E-state index contributed by atoms with van der Waals surface area (Å²) in [7, 11) is -1.16. The second-order valence-electron chi connectivity index (χ2n) is 6.84. The zero-order chi connectivity index (χ0) is 18.8. The number of nitrogens with one attached hydrogen (secondary N) is 1. The summed E-state index contributed by atoms with van der Waals surface area (Å²) in [6, 6.07) is 10.7. The van der Waals surface area contributed by atoms with Crippen LogP contribution in [0.2, 0.25) is 0 Å². The van der Waals surface area contributed by atoms with Crippen molar-refractivity contribution in [1.29, 1.82) is 0 Å². The van der Waals surface area contributed by atoms with Gasteiger partial charge in [-0.05, 0) is 30.7 Å². The van der Waals surface area contributed by atoms with Gasteiger partial charge in [-0.3, -0.25) is 4.99 Å². The van der Waals surface area contributed by atoms with Crippen LogP contribution in [0.15, 0.2) is 35.3 Å². The summed E-state index contributed by atoms with van der Waals surface area (Å²) in [6.07, 6.45) is 4.70. The van der Waals surface area contributed by atoms with Gasteiger partial charge in [-0.2, -0.15) is 0 Å². The van der Waals surface area contributed by atoms with Gasteiger partial charge in [0.05, 0.1) is 19.0 Å². The molecule has 0 radical (unpaired) electrons. The van der Waals surface area contributed by atoms with Crippen LogP contribution in [0.5, 0.6) is 0 Å². The number of aliphatic imine (C=N–C) groups is 1. The maximum atomic E-state index is 11.0. The molecule has 2 rings (SSSR count). The molecule has 0 bridgehead atoms. The Bertz CT molecular complexity index is 660. The molecule has 8 heteroatoms. The Morgan fingerprint density at radius 1 is 1.22 bits per heavy atom. The fourth-order valence-electron chi connectivity index (χ4n) is 3.18. The molecule has 1 aromatic carbocycles. The lowest BCUT2D eigenvalue weighted by Gasteiger charge is -2.34. The average Bonchev–Trinajstić information content (AvgIpc) is 2.62. The predicted octanol–water partition coefficient (Wildman–Crippen LogP) is 2.20. The lowest BCUT2D eigenvalue weighted by atomic mass is 9.90. The van der Waals surface area contributed by atoms with Crippen LogP contribution in [0.25, 0.3) is 0 Å². The number of rotatable bonds is 8. The van der Waals surface area contributed by atoms with Crippen molar-refractivity contribution in [2.75, 3.05) is 51.9 Å². The van der Waals surface area contributed by atoms with Crippen LogP contribution < -0.4 is 5.32 Å². The number of hydrogen-bond acceptors (Lipinski definition) is 4. The molecule has 0 unspecified atom stereocenters. The van der Waals surface area contributed by atoms with E-state index in [1.165, 1.54) is 24.7 Å². The summed E-state index contributed by atoms with van der Waals surface area (Å²) in [5.41, 5.74) is 1.42. The summed E-state index contributed by atoms with van der Waals surface area (Å²) in [4.78, 5) is 6.65. The van der Waals surface area contributed by atoms with E-state index in [-0.39, 0.29) is 36.3 Å². The van der Waals surface area contributed by atoms with Crippen molar-refractivity contribution in [3.05, 3.63) is 35.9 Å². The second-order valence-corrected chi connectivity index (χ2v) is 9.10. The first-order valence-electron chi connectivity index (χ1n) is 9.23. The van der Waals surface area contributed by atoms with Crippen LogP contribution in [-0.2, 0) is 21.0 Å². The summed E-state index contributed by atoms with van der Waals surface area (Å²) in [5, 5.41) is 3.30. The molecule has 1 N–H and O–H groups in total. The van der Waals surface area contributed by atoms with Gasteiger partial charge in [0, 0.05) is 32.9 Å². The van der Waals surface area contributed by atoms with Crippen LogP contribution in [0, 0.1) is 5.92 Å². The third-order valence-electron chi connectivity index (χ3n) is 4.62. The van der Waals surface area contributed by atoms with Gasteiger partial charge < -0.3 is 15.0 Å². The number of piperidine rings is 1. The first-order valence-corrected chi connectivity index (χ1v) is 11.3. The number of guanidine groups is 1. The number of likely N-dealkylation sites (tertiary alicyclic amines) is 1. The lowest BCUT2D eigenvalue weighted by Crippen LogP contribution is -2.46. The van der Waals surface area contributed by atoms with Gasteiger partial charge in [-0.1, -0.05) is 30.3 Å². The Morgan fingerprint density at radius 3 is 2.48 bits per heavy atom. The van der Waals surface area contributed by atoms with Gasteiger partial charge in [-0.25, -0.2) is 8.42 Å². The molecule has 0 atom stereocenters. The fraction of sp³-hybridized carbons (Fsp3) is 0.632. The minimum Gasteiger partial charge on any atom is -0.379 e. The minimum atomic E-state index is -2.95. The van der Waals surface area contributed by atoms with Crippen LogP contribution in [0.4, 0.5) is 0 Å². The summed E-state index contributed by atoms with van der Waals surface area (Å²) >= 11 is 0. The molecule has 1 fully saturated rings. The summed E-state index contributed by atoms with van der Waals surface area (Å²) in [5.74, 6) is 1.69. The number of nitrogens with zero attached hydrogens (tertiary/aromatic N) is 2. The Labute approximate surface area is 180 Å². The third-order valence-corrected chi connectivity index (χ3v) is 5.53. The molecule has 1 heterocycles. The van der Waals surface area contributed by atoms with Crippen molar-refractivity contribution < 1.29 is 13.2 Å². The molecule has 1 aliphatic rings.